The molecule has 0 saturated heterocycles. The van der Waals surface area contributed by atoms with Crippen molar-refractivity contribution in [2.75, 3.05) is 0 Å². The molecular formula is C96H36B4F44-4. The molecule has 0 radical (unpaired) electrons. The van der Waals surface area contributed by atoms with Crippen LogP contribution < -0.4 is 87.4 Å². The maximum atomic E-state index is 15.4. The van der Waals surface area contributed by atoms with E-state index in [2.05, 4.69) is 0 Å². The van der Waals surface area contributed by atoms with Gasteiger partial charge in [0.05, 0.1) is 46.5 Å². The number of benzene rings is 16. The molecule has 0 aliphatic rings. The van der Waals surface area contributed by atoms with E-state index in [1.165, 1.54) is 48.5 Å². The average Bonchev–Trinajstić information content (AvgIpc) is 0.666. The molecule has 0 aliphatic carbocycles. The molecule has 0 fully saturated rings. The molecular weight excluding hydrogens is 2030 g/mol. The second kappa shape index (κ2) is 40.6. The summed E-state index contributed by atoms with van der Waals surface area (Å²) in [5.41, 5.74) is -20.3. The Kier molecular flexibility index (Phi) is 29.9. The van der Waals surface area contributed by atoms with E-state index in [1.54, 1.807) is 48.5 Å². The molecule has 0 aromatic heterocycles. The lowest BCUT2D eigenvalue weighted by Gasteiger charge is -2.44. The smallest absolute Gasteiger partial charge is 0.200 e. The van der Waals surface area contributed by atoms with Crippen molar-refractivity contribution in [3.8, 4) is 0 Å². The Hall–Kier alpha value is -15.3. The lowest BCUT2D eigenvalue weighted by molar-refractivity contribution is 0.378. The van der Waals surface area contributed by atoms with E-state index in [4.69, 9.17) is 0 Å². The number of rotatable bonds is 16. The first kappa shape index (κ1) is 106. The van der Waals surface area contributed by atoms with Crippen molar-refractivity contribution in [1.29, 1.82) is 0 Å². The molecule has 0 aliphatic heterocycles. The van der Waals surface area contributed by atoms with Crippen LogP contribution in [0.3, 0.4) is 0 Å². The summed E-state index contributed by atoms with van der Waals surface area (Å²) in [4.78, 5) is 0. The summed E-state index contributed by atoms with van der Waals surface area (Å²) in [6.07, 6.45) is -17.6. The van der Waals surface area contributed by atoms with E-state index < -0.39 is 324 Å². The zero-order chi connectivity index (χ0) is 106. The van der Waals surface area contributed by atoms with Gasteiger partial charge in [-0.05, 0) is 48.5 Å². The van der Waals surface area contributed by atoms with Crippen LogP contribution in [0.5, 0.6) is 0 Å². The third-order valence-electron chi connectivity index (χ3n) is 23.6. The third-order valence-corrected chi connectivity index (χ3v) is 23.6. The van der Waals surface area contributed by atoms with E-state index in [0.29, 0.717) is 24.3 Å². The van der Waals surface area contributed by atoms with Gasteiger partial charge >= 0.3 is 0 Å². The minimum absolute atomic E-state index is 0.132. The molecule has 16 aromatic rings. The standard InChI is InChI=1S/C24BF20.C24H8BF12.C24H12BF8.C24H16BF4/c26-5-1(6(27)14(35)21(42)13(5)34)25(2-7(28)15(36)22(43)16(37)8(2)29,3-9(30)17(38)23(44)18(39)10(3)31)4-11(32)19(40)24(45)20(41)12(4)33;26-9-1-13(30)21(14(31)2-9)25(22-15(32)3-10(27)4-16(22)33,23-17(34)5-11(28)6-18(23)35)24-19(36)7-12(29)8-20(24)37;26-17-1-13(2-18(27)9-17)25(14-3-19(28)10-20(29)4-14,15-5-21(30)11-22(31)6-15)16-7-23(32)12-24(33)8-16;26-21-9-1-17(2-10-21)25(18-3-11-22(27)12-4-18,19-5-13-23(28)14-6-19)20-7-15-24(29)16-8-20/h;1-8H;1-12H;1-16H/q4*-1. The van der Waals surface area contributed by atoms with Crippen molar-refractivity contribution in [2.45, 2.75) is 0 Å². The first-order valence-electron chi connectivity index (χ1n) is 39.8. The molecule has 0 spiro atoms. The fourth-order valence-electron chi connectivity index (χ4n) is 18.2. The predicted molar refractivity (Wildman–Crippen MR) is 438 cm³/mol. The molecule has 0 amide bonds. The maximum absolute atomic E-state index is 15.4. The van der Waals surface area contributed by atoms with Gasteiger partial charge < -0.3 is 0 Å². The Labute approximate surface area is 776 Å². The summed E-state index contributed by atoms with van der Waals surface area (Å²) < 4.78 is 640. The van der Waals surface area contributed by atoms with Crippen LogP contribution in [-0.4, -0.2) is 24.6 Å². The van der Waals surface area contributed by atoms with Crippen molar-refractivity contribution in [3.05, 3.63) is 474 Å². The highest BCUT2D eigenvalue weighted by Gasteiger charge is 2.54. The van der Waals surface area contributed by atoms with Gasteiger partial charge in [-0.2, -0.15) is 43.7 Å². The zero-order valence-corrected chi connectivity index (χ0v) is 69.7. The van der Waals surface area contributed by atoms with Crippen LogP contribution in [-0.2, 0) is 0 Å². The first-order chi connectivity index (χ1) is 67.6. The van der Waals surface area contributed by atoms with Crippen LogP contribution in [0.1, 0.15) is 0 Å². The highest BCUT2D eigenvalue weighted by atomic mass is 19.2. The fraction of sp³-hybridized carbons (Fsp3) is 0. The van der Waals surface area contributed by atoms with E-state index in [-0.39, 0.29) is 70.4 Å². The highest BCUT2D eigenvalue weighted by molar-refractivity contribution is 7.22. The number of hydrogen-bond acceptors (Lipinski definition) is 0. The fourth-order valence-corrected chi connectivity index (χ4v) is 18.2. The molecule has 16 rings (SSSR count). The van der Waals surface area contributed by atoms with Crippen molar-refractivity contribution < 1.29 is 193 Å². The van der Waals surface area contributed by atoms with Crippen molar-refractivity contribution >= 4 is 112 Å². The molecule has 144 heavy (non-hydrogen) atoms. The quantitative estimate of drug-likeness (QED) is 0.0391. The molecule has 744 valence electrons. The van der Waals surface area contributed by atoms with Crippen LogP contribution >= 0.6 is 0 Å². The Balaban J connectivity index is 0.000000163. The van der Waals surface area contributed by atoms with Crippen LogP contribution in [0.15, 0.2) is 218 Å². The van der Waals surface area contributed by atoms with Gasteiger partial charge in [0, 0.05) is 72.8 Å². The van der Waals surface area contributed by atoms with E-state index in [1.807, 2.05) is 0 Å². The van der Waals surface area contributed by atoms with Gasteiger partial charge in [-0.1, -0.05) is 97.1 Å². The molecule has 0 heterocycles. The topological polar surface area (TPSA) is 0 Å². The molecule has 0 nitrogen and oxygen atoms in total. The van der Waals surface area contributed by atoms with Gasteiger partial charge in [-0.25, -0.2) is 193 Å². The van der Waals surface area contributed by atoms with E-state index >= 15 is 70.2 Å². The zero-order valence-electron chi connectivity index (χ0n) is 69.7. The van der Waals surface area contributed by atoms with E-state index in [0.717, 1.165) is 70.4 Å². The van der Waals surface area contributed by atoms with Crippen molar-refractivity contribution in [3.63, 3.8) is 0 Å². The number of halogens is 44. The first-order valence-corrected chi connectivity index (χ1v) is 39.8. The second-order valence-electron chi connectivity index (χ2n) is 31.5. The second-order valence-corrected chi connectivity index (χ2v) is 31.5. The van der Waals surface area contributed by atoms with Gasteiger partial charge in [0.1, 0.15) is 164 Å². The van der Waals surface area contributed by atoms with Crippen molar-refractivity contribution in [2.24, 2.45) is 0 Å². The van der Waals surface area contributed by atoms with Crippen molar-refractivity contribution in [1.82, 2.24) is 0 Å². The highest BCUT2D eigenvalue weighted by Crippen LogP contribution is 2.34. The minimum atomic E-state index is -7.22. The van der Waals surface area contributed by atoms with Gasteiger partial charge in [-0.15, -0.1) is 43.7 Å². The third kappa shape index (κ3) is 18.5. The predicted octanol–water partition coefficient (Wildman–Crippen LogP) is 18.4. The maximum Gasteiger partial charge on any atom is 0.200 e. The molecule has 0 unspecified atom stereocenters. The monoisotopic (exact) mass is 2070 g/mol. The minimum Gasteiger partial charge on any atom is -0.210 e. The molecule has 0 atom stereocenters. The van der Waals surface area contributed by atoms with Gasteiger partial charge in [-0.3, -0.25) is 0 Å². The Morgan fingerprint density at radius 2 is 0.201 bits per heavy atom. The van der Waals surface area contributed by atoms with Gasteiger partial charge in [0.15, 0.2) is 69.8 Å². The summed E-state index contributed by atoms with van der Waals surface area (Å²) in [6.45, 7) is 0. The summed E-state index contributed by atoms with van der Waals surface area (Å²) >= 11 is 0. The SMILES string of the molecule is Fc1c(F)c(F)c([B-](c2c(F)c(F)c(F)c(F)c2F)(c2c(F)c(F)c(F)c(F)c2F)c2c(F)c(F)c(F)c(F)c2F)c(F)c1F.Fc1cc(F)c([B-](c2c(F)cc(F)cc2F)(c2c(F)cc(F)cc2F)c2c(F)cc(F)cc2F)c(F)c1.Fc1cc(F)cc([B-](c2cc(F)cc(F)c2)(c2cc(F)cc(F)c2)c2cc(F)cc(F)c2)c1.Fc1ccc([B-](c2ccc(F)cc2)(c2ccc(F)cc2)c2ccc(F)cc2)cc1. The lowest BCUT2D eigenvalue weighted by Crippen LogP contribution is -2.81. The largest absolute Gasteiger partial charge is 0.210 e. The normalized spacial score (nSPS) is 11.8. The molecule has 48 heteroatoms. The Morgan fingerprint density at radius 3 is 0.340 bits per heavy atom. The molecule has 0 bridgehead atoms. The molecule has 0 saturated carbocycles. The van der Waals surface area contributed by atoms with Crippen LogP contribution in [0, 0.1) is 256 Å². The van der Waals surface area contributed by atoms with Crippen LogP contribution in [0.25, 0.3) is 0 Å². The van der Waals surface area contributed by atoms with E-state index in [9.17, 15) is 123 Å². The van der Waals surface area contributed by atoms with Crippen LogP contribution in [0.2, 0.25) is 0 Å². The summed E-state index contributed by atoms with van der Waals surface area (Å²) in [5, 5.41) is 0. The number of hydrogen-bond donors (Lipinski definition) is 0. The summed E-state index contributed by atoms with van der Waals surface area (Å²) in [5.74, 6) is -106. The molecule has 16 aromatic carbocycles. The average molecular weight is 2070 g/mol. The van der Waals surface area contributed by atoms with Crippen LogP contribution in [0.4, 0.5) is 193 Å². The van der Waals surface area contributed by atoms with Gasteiger partial charge in [0.2, 0.25) is 0 Å². The summed E-state index contributed by atoms with van der Waals surface area (Å²) in [7, 11) is 0. The Morgan fingerprint density at radius 1 is 0.0903 bits per heavy atom. The summed E-state index contributed by atoms with van der Waals surface area (Å²) in [6, 6.07) is 31.2. The lowest BCUT2D eigenvalue weighted by atomic mass is 9.12. The van der Waals surface area contributed by atoms with Gasteiger partial charge in [0.25, 0.3) is 0 Å². The Bertz CT molecular complexity index is 6610. The molecule has 0 N–H and O–H groups in total.